The molecule has 0 saturated heterocycles. The molecule has 20 heavy (non-hydrogen) atoms. The van der Waals surface area contributed by atoms with E-state index in [-0.39, 0.29) is 5.91 Å². The number of hydrogen-bond acceptors (Lipinski definition) is 2. The van der Waals surface area contributed by atoms with Crippen LogP contribution < -0.4 is 5.32 Å². The van der Waals surface area contributed by atoms with E-state index in [1.807, 2.05) is 24.3 Å². The van der Waals surface area contributed by atoms with Crippen LogP contribution in [0.2, 0.25) is 0 Å². The summed E-state index contributed by atoms with van der Waals surface area (Å²) in [4.78, 5) is 11.9. The van der Waals surface area contributed by atoms with Crippen LogP contribution in [0.15, 0.2) is 24.3 Å². The van der Waals surface area contributed by atoms with Crippen molar-refractivity contribution < 1.29 is 9.53 Å². The zero-order valence-corrected chi connectivity index (χ0v) is 13.9. The first-order valence-electron chi connectivity index (χ1n) is 7.41. The number of hydrogen-bond donors (Lipinski definition) is 1. The molecule has 110 valence electrons. The van der Waals surface area contributed by atoms with Crippen molar-refractivity contribution in [3.05, 3.63) is 33.4 Å². The lowest BCUT2D eigenvalue weighted by Gasteiger charge is -2.21. The molecule has 1 aromatic rings. The highest BCUT2D eigenvalue weighted by molar-refractivity contribution is 14.1. The molecule has 3 nitrogen and oxygen atoms in total. The molecule has 1 aromatic carbocycles. The fourth-order valence-corrected chi connectivity index (χ4v) is 3.03. The van der Waals surface area contributed by atoms with Crippen LogP contribution in [0.5, 0.6) is 0 Å². The van der Waals surface area contributed by atoms with Gasteiger partial charge in [-0.05, 0) is 60.1 Å². The number of rotatable bonds is 6. The molecule has 1 aliphatic rings. The third-order valence-electron chi connectivity index (χ3n) is 3.60. The van der Waals surface area contributed by atoms with Crippen molar-refractivity contribution in [1.82, 2.24) is 5.32 Å². The first-order valence-corrected chi connectivity index (χ1v) is 8.49. The van der Waals surface area contributed by atoms with E-state index in [0.29, 0.717) is 12.6 Å². The predicted molar refractivity (Wildman–Crippen MR) is 88.9 cm³/mol. The minimum Gasteiger partial charge on any atom is -0.378 e. The summed E-state index contributed by atoms with van der Waals surface area (Å²) in [6.07, 6.45) is 7.69. The molecule has 1 amide bonds. The van der Waals surface area contributed by atoms with Gasteiger partial charge in [-0.2, -0.15) is 0 Å². The van der Waals surface area contributed by atoms with Crippen LogP contribution in [0, 0.1) is 3.57 Å². The summed E-state index contributed by atoms with van der Waals surface area (Å²) in [5.74, 6) is 0.00109. The molecule has 4 heteroatoms. The van der Waals surface area contributed by atoms with Crippen LogP contribution >= 0.6 is 22.6 Å². The second-order valence-electron chi connectivity index (χ2n) is 5.25. The minimum atomic E-state index is 0.00109. The van der Waals surface area contributed by atoms with Gasteiger partial charge < -0.3 is 10.1 Å². The molecular formula is C16H22INO2. The standard InChI is InChI=1S/C16H22INO2/c17-14-7-4-6-13(12-14)16(19)18-10-5-11-20-15-8-2-1-3-9-15/h4,6-7,12,15H,1-3,5,8-11H2,(H,18,19). The summed E-state index contributed by atoms with van der Waals surface area (Å²) in [5.41, 5.74) is 0.727. The monoisotopic (exact) mass is 387 g/mol. The van der Waals surface area contributed by atoms with Crippen LogP contribution in [0.25, 0.3) is 0 Å². The minimum absolute atomic E-state index is 0.00109. The number of ether oxygens (including phenoxy) is 1. The number of nitrogens with one attached hydrogen (secondary N) is 1. The molecule has 1 aliphatic carbocycles. The fraction of sp³-hybridized carbons (Fsp3) is 0.562. The number of benzene rings is 1. The number of carbonyl (C=O) groups is 1. The average Bonchev–Trinajstić information content (AvgIpc) is 2.48. The Morgan fingerprint density at radius 3 is 2.85 bits per heavy atom. The second-order valence-corrected chi connectivity index (χ2v) is 6.50. The van der Waals surface area contributed by atoms with Gasteiger partial charge in [-0.15, -0.1) is 0 Å². The van der Waals surface area contributed by atoms with E-state index >= 15 is 0 Å². The van der Waals surface area contributed by atoms with Gasteiger partial charge >= 0.3 is 0 Å². The first kappa shape index (κ1) is 15.8. The quantitative estimate of drug-likeness (QED) is 0.596. The maximum atomic E-state index is 11.9. The number of amides is 1. The van der Waals surface area contributed by atoms with Gasteiger partial charge in [0.2, 0.25) is 0 Å². The Kier molecular flexibility index (Phi) is 6.79. The lowest BCUT2D eigenvalue weighted by atomic mass is 9.98. The van der Waals surface area contributed by atoms with Gasteiger partial charge in [-0.25, -0.2) is 0 Å². The molecule has 2 rings (SSSR count). The summed E-state index contributed by atoms with van der Waals surface area (Å²) < 4.78 is 6.92. The summed E-state index contributed by atoms with van der Waals surface area (Å²) >= 11 is 2.21. The Morgan fingerprint density at radius 2 is 2.10 bits per heavy atom. The molecule has 0 spiro atoms. The molecule has 1 fully saturated rings. The first-order chi connectivity index (χ1) is 9.75. The normalized spacial score (nSPS) is 16.1. The van der Waals surface area contributed by atoms with Gasteiger partial charge in [-0.3, -0.25) is 4.79 Å². The zero-order valence-electron chi connectivity index (χ0n) is 11.7. The second kappa shape index (κ2) is 8.62. The van der Waals surface area contributed by atoms with Gasteiger partial charge in [0.1, 0.15) is 0 Å². The Bertz CT molecular complexity index is 430. The molecule has 0 unspecified atom stereocenters. The Morgan fingerprint density at radius 1 is 1.30 bits per heavy atom. The molecule has 0 atom stereocenters. The third-order valence-corrected chi connectivity index (χ3v) is 4.27. The molecule has 0 radical (unpaired) electrons. The van der Waals surface area contributed by atoms with E-state index in [9.17, 15) is 4.79 Å². The summed E-state index contributed by atoms with van der Waals surface area (Å²) in [6, 6.07) is 7.63. The highest BCUT2D eigenvalue weighted by atomic mass is 127. The smallest absolute Gasteiger partial charge is 0.251 e. The average molecular weight is 387 g/mol. The predicted octanol–water partition coefficient (Wildman–Crippen LogP) is 3.76. The molecule has 0 bridgehead atoms. The number of carbonyl (C=O) groups excluding carboxylic acids is 1. The summed E-state index contributed by atoms with van der Waals surface area (Å²) in [7, 11) is 0. The molecule has 1 saturated carbocycles. The van der Waals surface area contributed by atoms with Crippen molar-refractivity contribution in [1.29, 1.82) is 0 Å². The number of halogens is 1. The molecular weight excluding hydrogens is 365 g/mol. The van der Waals surface area contributed by atoms with Crippen molar-refractivity contribution in [2.75, 3.05) is 13.2 Å². The van der Waals surface area contributed by atoms with Crippen molar-refractivity contribution in [2.45, 2.75) is 44.6 Å². The van der Waals surface area contributed by atoms with E-state index in [4.69, 9.17) is 4.74 Å². The van der Waals surface area contributed by atoms with Gasteiger partial charge in [0.05, 0.1) is 6.10 Å². The van der Waals surface area contributed by atoms with E-state index in [1.54, 1.807) is 0 Å². The topological polar surface area (TPSA) is 38.3 Å². The summed E-state index contributed by atoms with van der Waals surface area (Å²) in [5, 5.41) is 2.94. The van der Waals surface area contributed by atoms with Crippen LogP contribution in [0.4, 0.5) is 0 Å². The largest absolute Gasteiger partial charge is 0.378 e. The Labute approximate surface area is 134 Å². The maximum absolute atomic E-state index is 11.9. The van der Waals surface area contributed by atoms with E-state index < -0.39 is 0 Å². The van der Waals surface area contributed by atoms with E-state index in [0.717, 1.165) is 22.2 Å². The summed E-state index contributed by atoms with van der Waals surface area (Å²) in [6.45, 7) is 1.42. The highest BCUT2D eigenvalue weighted by Crippen LogP contribution is 2.20. The zero-order chi connectivity index (χ0) is 14.2. The highest BCUT2D eigenvalue weighted by Gasteiger charge is 2.13. The molecule has 0 aromatic heterocycles. The van der Waals surface area contributed by atoms with Crippen LogP contribution in [-0.4, -0.2) is 25.2 Å². The molecule has 0 heterocycles. The van der Waals surface area contributed by atoms with Gasteiger partial charge in [0, 0.05) is 22.3 Å². The Hall–Kier alpha value is -0.620. The van der Waals surface area contributed by atoms with Crippen molar-refractivity contribution >= 4 is 28.5 Å². The van der Waals surface area contributed by atoms with Gasteiger partial charge in [-0.1, -0.05) is 25.3 Å². The SMILES string of the molecule is O=C(NCCCOC1CCCCC1)c1cccc(I)c1. The van der Waals surface area contributed by atoms with Gasteiger partial charge in [0.15, 0.2) is 0 Å². The Balaban J connectivity index is 1.59. The van der Waals surface area contributed by atoms with Crippen LogP contribution in [0.3, 0.4) is 0 Å². The fourth-order valence-electron chi connectivity index (χ4n) is 2.49. The van der Waals surface area contributed by atoms with E-state index in [2.05, 4.69) is 27.9 Å². The maximum Gasteiger partial charge on any atom is 0.251 e. The van der Waals surface area contributed by atoms with E-state index in [1.165, 1.54) is 32.1 Å². The lowest BCUT2D eigenvalue weighted by molar-refractivity contribution is 0.0273. The molecule has 0 aliphatic heterocycles. The van der Waals surface area contributed by atoms with Crippen LogP contribution in [0.1, 0.15) is 48.9 Å². The third kappa shape index (κ3) is 5.40. The van der Waals surface area contributed by atoms with Gasteiger partial charge in [0.25, 0.3) is 5.91 Å². The molecule has 1 N–H and O–H groups in total. The van der Waals surface area contributed by atoms with Crippen molar-refractivity contribution in [3.63, 3.8) is 0 Å². The lowest BCUT2D eigenvalue weighted by Crippen LogP contribution is -2.26. The van der Waals surface area contributed by atoms with Crippen molar-refractivity contribution in [2.24, 2.45) is 0 Å². The van der Waals surface area contributed by atoms with Crippen LogP contribution in [-0.2, 0) is 4.74 Å². The van der Waals surface area contributed by atoms with Crippen molar-refractivity contribution in [3.8, 4) is 0 Å².